The van der Waals surface area contributed by atoms with Crippen LogP contribution in [0, 0.1) is 56.7 Å². The Labute approximate surface area is 298 Å². The van der Waals surface area contributed by atoms with E-state index in [2.05, 4.69) is 70.9 Å². The zero-order chi connectivity index (χ0) is 36.0. The summed E-state index contributed by atoms with van der Waals surface area (Å²) in [7, 11) is 0. The standard InChI is InChI=1S/C43H58N2O5/c1-25-16-19-43(38(48)45-30-13-12-29-11-10-22-44-32(29)23-30)21-20-41(8)31(36(43)26(25)2)14-15-35-40(7)24-33(49-27(3)46)37(50-28(4)47)39(5,6)34(40)17-18-42(35,41)9/h10-14,22-23,25-26,33-37H,15-21,24H2,1-9H3,(H,45,48)/t25-,26+,33+,34+,35-,36+,37+,40+,41-,42-,43+/m1/s1. The van der Waals surface area contributed by atoms with E-state index in [0.29, 0.717) is 30.1 Å². The van der Waals surface area contributed by atoms with Crippen LogP contribution in [0.25, 0.3) is 10.9 Å². The van der Waals surface area contributed by atoms with Crippen molar-refractivity contribution in [2.45, 2.75) is 126 Å². The Balaban J connectivity index is 1.27. The number of aromatic nitrogens is 1. The molecule has 1 aromatic carbocycles. The molecule has 0 saturated heterocycles. The molecule has 11 atom stereocenters. The van der Waals surface area contributed by atoms with Crippen molar-refractivity contribution in [1.82, 2.24) is 4.98 Å². The Hall–Kier alpha value is -3.22. The van der Waals surface area contributed by atoms with Gasteiger partial charge in [0.25, 0.3) is 0 Å². The molecule has 5 aliphatic rings. The molecule has 50 heavy (non-hydrogen) atoms. The Morgan fingerprint density at radius 1 is 0.880 bits per heavy atom. The van der Waals surface area contributed by atoms with E-state index in [1.165, 1.54) is 19.4 Å². The molecule has 0 aliphatic heterocycles. The summed E-state index contributed by atoms with van der Waals surface area (Å²) >= 11 is 0. The molecule has 7 nitrogen and oxygen atoms in total. The first-order valence-corrected chi connectivity index (χ1v) is 19.2. The molecule has 7 heteroatoms. The highest BCUT2D eigenvalue weighted by atomic mass is 16.6. The summed E-state index contributed by atoms with van der Waals surface area (Å²) in [6.07, 6.45) is 11.0. The van der Waals surface area contributed by atoms with E-state index in [1.807, 2.05) is 24.3 Å². The van der Waals surface area contributed by atoms with E-state index in [9.17, 15) is 14.4 Å². The minimum atomic E-state index is -0.486. The number of hydrogen-bond donors (Lipinski definition) is 1. The van der Waals surface area contributed by atoms with Crippen molar-refractivity contribution < 1.29 is 23.9 Å². The van der Waals surface area contributed by atoms with Gasteiger partial charge in [0.2, 0.25) is 5.91 Å². The average molecular weight is 683 g/mol. The van der Waals surface area contributed by atoms with Gasteiger partial charge in [-0.25, -0.2) is 0 Å². The van der Waals surface area contributed by atoms with Crippen LogP contribution in [0.5, 0.6) is 0 Å². The lowest BCUT2D eigenvalue weighted by atomic mass is 9.33. The smallest absolute Gasteiger partial charge is 0.303 e. The summed E-state index contributed by atoms with van der Waals surface area (Å²) in [4.78, 5) is 44.1. The van der Waals surface area contributed by atoms with Gasteiger partial charge in [-0.2, -0.15) is 0 Å². The number of allylic oxidation sites excluding steroid dienone is 2. The van der Waals surface area contributed by atoms with Gasteiger partial charge in [0.1, 0.15) is 12.2 Å². The van der Waals surface area contributed by atoms with Crippen LogP contribution in [0.15, 0.2) is 48.2 Å². The number of carbonyl (C=O) groups excluding carboxylic acids is 3. The lowest BCUT2D eigenvalue weighted by molar-refractivity contribution is -0.244. The number of esters is 2. The Morgan fingerprint density at radius 3 is 2.34 bits per heavy atom. The first-order valence-electron chi connectivity index (χ1n) is 19.2. The molecule has 0 bridgehead atoms. The maximum absolute atomic E-state index is 14.8. The van der Waals surface area contributed by atoms with Crippen molar-refractivity contribution >= 4 is 34.4 Å². The van der Waals surface area contributed by atoms with Crippen LogP contribution in [-0.4, -0.2) is 35.0 Å². The number of pyridine rings is 1. The number of rotatable bonds is 4. The summed E-state index contributed by atoms with van der Waals surface area (Å²) in [6.45, 7) is 19.6. The van der Waals surface area contributed by atoms with Gasteiger partial charge in [0.05, 0.1) is 10.9 Å². The fourth-order valence-electron chi connectivity index (χ4n) is 13.1. The van der Waals surface area contributed by atoms with Gasteiger partial charge in [-0.05, 0) is 115 Å². The summed E-state index contributed by atoms with van der Waals surface area (Å²) < 4.78 is 12.0. The predicted molar refractivity (Wildman–Crippen MR) is 196 cm³/mol. The molecule has 0 radical (unpaired) electrons. The topological polar surface area (TPSA) is 94.6 Å². The normalized spacial score (nSPS) is 41.7. The molecule has 7 rings (SSSR count). The quantitative estimate of drug-likeness (QED) is 0.255. The number of carbonyl (C=O) groups is 3. The number of nitrogens with one attached hydrogen (secondary N) is 1. The number of anilines is 1. The van der Waals surface area contributed by atoms with E-state index in [4.69, 9.17) is 9.47 Å². The van der Waals surface area contributed by atoms with Gasteiger partial charge in [0, 0.05) is 36.5 Å². The number of benzene rings is 1. The largest absolute Gasteiger partial charge is 0.459 e. The Morgan fingerprint density at radius 2 is 1.62 bits per heavy atom. The lowest BCUT2D eigenvalue weighted by Gasteiger charge is -2.71. The van der Waals surface area contributed by atoms with Crippen molar-refractivity contribution in [2.24, 2.45) is 56.7 Å². The molecule has 4 saturated carbocycles. The molecule has 1 N–H and O–H groups in total. The average Bonchev–Trinajstić information content (AvgIpc) is 3.04. The molecular formula is C43H58N2O5. The van der Waals surface area contributed by atoms with E-state index >= 15 is 0 Å². The summed E-state index contributed by atoms with van der Waals surface area (Å²) in [6, 6.07) is 10.1. The van der Waals surface area contributed by atoms with Crippen molar-refractivity contribution in [3.8, 4) is 0 Å². The van der Waals surface area contributed by atoms with Gasteiger partial charge in [-0.3, -0.25) is 19.4 Å². The number of ether oxygens (including phenoxy) is 2. The zero-order valence-corrected chi connectivity index (χ0v) is 31.7. The molecule has 0 spiro atoms. The van der Waals surface area contributed by atoms with Crippen LogP contribution in [0.1, 0.15) is 114 Å². The second-order valence-electron chi connectivity index (χ2n) is 18.4. The molecule has 1 heterocycles. The summed E-state index contributed by atoms with van der Waals surface area (Å²) in [5.74, 6) is 1.27. The molecule has 0 unspecified atom stereocenters. The third kappa shape index (κ3) is 5.02. The highest BCUT2D eigenvalue weighted by Gasteiger charge is 2.71. The van der Waals surface area contributed by atoms with E-state index in [-0.39, 0.29) is 45.4 Å². The van der Waals surface area contributed by atoms with Crippen LogP contribution >= 0.6 is 0 Å². The van der Waals surface area contributed by atoms with E-state index < -0.39 is 17.6 Å². The van der Waals surface area contributed by atoms with Crippen molar-refractivity contribution in [1.29, 1.82) is 0 Å². The molecule has 2 aromatic rings. The second kappa shape index (κ2) is 11.9. The van der Waals surface area contributed by atoms with Gasteiger partial charge in [0.15, 0.2) is 0 Å². The molecule has 4 fully saturated rings. The number of fused-ring (bicyclic) bond motifs is 8. The maximum Gasteiger partial charge on any atom is 0.303 e. The Bertz CT molecular complexity index is 1750. The van der Waals surface area contributed by atoms with Crippen molar-refractivity contribution in [2.75, 3.05) is 5.32 Å². The molecular weight excluding hydrogens is 624 g/mol. The first kappa shape index (κ1) is 35.2. The van der Waals surface area contributed by atoms with Crippen LogP contribution in [0.2, 0.25) is 0 Å². The third-order valence-electron chi connectivity index (χ3n) is 15.8. The number of nitrogens with zero attached hydrogens (tertiary/aromatic N) is 1. The predicted octanol–water partition coefficient (Wildman–Crippen LogP) is 9.30. The highest BCUT2D eigenvalue weighted by Crippen LogP contribution is 2.76. The number of hydrogen-bond acceptors (Lipinski definition) is 6. The molecule has 5 aliphatic carbocycles. The van der Waals surface area contributed by atoms with Gasteiger partial charge in [-0.1, -0.05) is 72.2 Å². The third-order valence-corrected chi connectivity index (χ3v) is 15.8. The minimum absolute atomic E-state index is 0.000509. The fraction of sp³-hybridized carbons (Fsp3) is 0.674. The summed E-state index contributed by atoms with van der Waals surface area (Å²) in [5.41, 5.74) is 2.22. The highest BCUT2D eigenvalue weighted by molar-refractivity contribution is 5.98. The second-order valence-corrected chi connectivity index (χ2v) is 18.4. The first-order chi connectivity index (χ1) is 23.5. The van der Waals surface area contributed by atoms with Gasteiger partial charge < -0.3 is 14.8 Å². The molecule has 1 aromatic heterocycles. The SMILES string of the molecule is CC(=O)O[C@H]1C[C@]2(C)[C@H]3CC=C4[C@@H]5[C@@H](C)[C@H](C)CC[C@]5(C(=O)Nc5ccc6cccnc6c5)CC[C@@]4(C)[C@]3(C)CC[C@H]2C(C)(C)[C@H]1OC(C)=O. The van der Waals surface area contributed by atoms with Crippen LogP contribution < -0.4 is 5.32 Å². The number of amides is 1. The Kier molecular flexibility index (Phi) is 8.39. The van der Waals surface area contributed by atoms with Gasteiger partial charge in [-0.15, -0.1) is 0 Å². The molecule has 270 valence electrons. The van der Waals surface area contributed by atoms with Crippen LogP contribution in [0.4, 0.5) is 5.69 Å². The van der Waals surface area contributed by atoms with Gasteiger partial charge >= 0.3 is 11.9 Å². The molecule has 1 amide bonds. The zero-order valence-electron chi connectivity index (χ0n) is 31.7. The fourth-order valence-corrected chi connectivity index (χ4v) is 13.1. The maximum atomic E-state index is 14.8. The van der Waals surface area contributed by atoms with E-state index in [1.54, 1.807) is 6.20 Å². The lowest BCUT2D eigenvalue weighted by Crippen LogP contribution is -2.68. The van der Waals surface area contributed by atoms with Crippen LogP contribution in [-0.2, 0) is 23.9 Å². The van der Waals surface area contributed by atoms with E-state index in [0.717, 1.165) is 61.5 Å². The summed E-state index contributed by atoms with van der Waals surface area (Å²) in [5, 5.41) is 4.48. The van der Waals surface area contributed by atoms with Crippen LogP contribution in [0.3, 0.4) is 0 Å². The van der Waals surface area contributed by atoms with Crippen molar-refractivity contribution in [3.05, 3.63) is 48.2 Å². The minimum Gasteiger partial charge on any atom is -0.459 e. The van der Waals surface area contributed by atoms with Crippen molar-refractivity contribution in [3.63, 3.8) is 0 Å². The monoisotopic (exact) mass is 682 g/mol.